The van der Waals surface area contributed by atoms with Crippen molar-refractivity contribution in [1.29, 1.82) is 10.5 Å². The molecule has 2 aliphatic rings. The highest BCUT2D eigenvalue weighted by atomic mass is 32.2. The van der Waals surface area contributed by atoms with Crippen LogP contribution in [0.1, 0.15) is 20.8 Å². The van der Waals surface area contributed by atoms with Gasteiger partial charge in [-0.2, -0.15) is 10.5 Å². The summed E-state index contributed by atoms with van der Waals surface area (Å²) in [5, 5.41) is 28.4. The highest BCUT2D eigenvalue weighted by Crippen LogP contribution is 2.53. The molecule has 0 saturated carbocycles. The van der Waals surface area contributed by atoms with E-state index in [2.05, 4.69) is 89.0 Å². The van der Waals surface area contributed by atoms with E-state index in [1.807, 2.05) is 69.3 Å². The number of benzene rings is 5. The number of hydrogen-bond acceptors (Lipinski definition) is 8. The molecule has 0 spiro atoms. The number of nitriles is 2. The summed E-state index contributed by atoms with van der Waals surface area (Å²) in [4.78, 5) is 12.1. The Morgan fingerprint density at radius 2 is 1.37 bits per heavy atom. The molecule has 0 radical (unpaired) electrons. The molecule has 0 bridgehead atoms. The number of thiocyanates is 2. The molecule has 0 fully saturated rings. The highest BCUT2D eigenvalue weighted by molar-refractivity contribution is 8.06. The number of ether oxygens (including phenoxy) is 1. The molecular weight excluding hydrogens is 667 g/mol. The van der Waals surface area contributed by atoms with Crippen molar-refractivity contribution >= 4 is 56.4 Å². The lowest BCUT2D eigenvalue weighted by molar-refractivity contribution is 0.431. The number of nitrogens with zero attached hydrogens (tertiary/aromatic N) is 5. The highest BCUT2D eigenvalue weighted by Gasteiger charge is 2.31. The summed E-state index contributed by atoms with van der Waals surface area (Å²) in [5.41, 5.74) is 8.31. The topological polar surface area (TPSA) is 85.8 Å². The SMILES string of the molecule is C/C=C\C.C=CC1=C(/C=C\C)N(c2ccc(-c3ccc4cccc5c4c3-c3nc(SC#N)c(SC#N)nc3-5)c3ccccc23)c2ccccc2O1. The molecule has 246 valence electrons. The van der Waals surface area contributed by atoms with Crippen LogP contribution in [0.4, 0.5) is 11.4 Å². The van der Waals surface area contributed by atoms with E-state index >= 15 is 0 Å². The molecule has 1 aromatic heterocycles. The molecule has 6 nitrogen and oxygen atoms in total. The van der Waals surface area contributed by atoms with E-state index in [1.54, 1.807) is 6.08 Å². The van der Waals surface area contributed by atoms with Gasteiger partial charge in [-0.3, -0.25) is 0 Å². The van der Waals surface area contributed by atoms with Crippen molar-refractivity contribution in [3.05, 3.63) is 139 Å². The normalized spacial score (nSPS) is 12.7. The summed E-state index contributed by atoms with van der Waals surface area (Å²) in [5.74, 6) is 1.44. The van der Waals surface area contributed by atoms with E-state index in [-0.39, 0.29) is 0 Å². The standard InChI is InChI=1S/C39H23N5OS2.C4H8/c1-3-10-30-32(4-2)45-33-16-8-7-15-31(33)44(30)29-20-19-25(24-12-5-6-13-26(24)29)27-18-17-23-11-9-14-28-34(23)35(27)37-36(28)42-38(46-21-40)39(43-37)47-22-41;1-3-4-2/h3-20H,2H2,1H3;3-4H,1-2H3/b10-3-;4-3-. The Morgan fingerprint density at radius 3 is 2.08 bits per heavy atom. The third kappa shape index (κ3) is 5.75. The number of para-hydroxylation sites is 2. The molecular formula is C43H31N5OS2. The van der Waals surface area contributed by atoms with Gasteiger partial charge in [0, 0.05) is 45.4 Å². The van der Waals surface area contributed by atoms with E-state index in [0.717, 1.165) is 102 Å². The van der Waals surface area contributed by atoms with Gasteiger partial charge >= 0.3 is 0 Å². The van der Waals surface area contributed by atoms with Gasteiger partial charge in [0.1, 0.15) is 20.9 Å². The van der Waals surface area contributed by atoms with Crippen LogP contribution in [-0.4, -0.2) is 9.97 Å². The lowest BCUT2D eigenvalue weighted by atomic mass is 9.90. The first-order chi connectivity index (χ1) is 25.1. The monoisotopic (exact) mass is 697 g/mol. The minimum Gasteiger partial charge on any atom is -0.453 e. The van der Waals surface area contributed by atoms with Crippen molar-refractivity contribution in [2.75, 3.05) is 4.90 Å². The number of aromatic nitrogens is 2. The molecule has 6 aromatic rings. The van der Waals surface area contributed by atoms with E-state index < -0.39 is 0 Å². The molecule has 2 heterocycles. The number of allylic oxidation sites excluding steroid dienone is 5. The Balaban J connectivity index is 0.000000966. The van der Waals surface area contributed by atoms with E-state index in [9.17, 15) is 10.5 Å². The van der Waals surface area contributed by atoms with Gasteiger partial charge < -0.3 is 9.64 Å². The number of fused-ring (bicyclic) bond motifs is 5. The Morgan fingerprint density at radius 1 is 0.686 bits per heavy atom. The first kappa shape index (κ1) is 33.4. The molecule has 0 atom stereocenters. The van der Waals surface area contributed by atoms with Crippen LogP contribution in [0.3, 0.4) is 0 Å². The van der Waals surface area contributed by atoms with Crippen LogP contribution in [0.25, 0.3) is 55.2 Å². The number of thioether (sulfide) groups is 2. The number of anilines is 2. The van der Waals surface area contributed by atoms with Gasteiger partial charge in [0.05, 0.1) is 28.5 Å². The van der Waals surface area contributed by atoms with Crippen LogP contribution in [0, 0.1) is 21.3 Å². The zero-order valence-corrected chi connectivity index (χ0v) is 29.8. The first-order valence-electron chi connectivity index (χ1n) is 16.3. The van der Waals surface area contributed by atoms with Gasteiger partial charge in [0.15, 0.2) is 11.5 Å². The Bertz CT molecular complexity index is 2550. The summed E-state index contributed by atoms with van der Waals surface area (Å²) < 4.78 is 6.28. The third-order valence-corrected chi connectivity index (χ3v) is 10.0. The van der Waals surface area contributed by atoms with Crippen LogP contribution in [0.2, 0.25) is 0 Å². The fourth-order valence-corrected chi connectivity index (χ4v) is 7.57. The van der Waals surface area contributed by atoms with Crippen LogP contribution in [0.15, 0.2) is 149 Å². The van der Waals surface area contributed by atoms with Gasteiger partial charge in [0.2, 0.25) is 0 Å². The maximum Gasteiger partial charge on any atom is 0.151 e. The molecule has 0 saturated heterocycles. The Hall–Kier alpha value is -6.06. The molecule has 1 aliphatic heterocycles. The summed E-state index contributed by atoms with van der Waals surface area (Å²) >= 11 is 1.85. The van der Waals surface area contributed by atoms with E-state index in [4.69, 9.17) is 14.7 Å². The lowest BCUT2D eigenvalue weighted by Gasteiger charge is -2.34. The van der Waals surface area contributed by atoms with E-state index in [1.165, 1.54) is 0 Å². The maximum atomic E-state index is 9.55. The molecule has 8 heteroatoms. The molecule has 5 aromatic carbocycles. The van der Waals surface area contributed by atoms with Crippen LogP contribution in [-0.2, 0) is 0 Å². The maximum absolute atomic E-state index is 9.55. The Labute approximate surface area is 305 Å². The minimum absolute atomic E-state index is 0.432. The molecule has 0 N–H and O–H groups in total. The van der Waals surface area contributed by atoms with Gasteiger partial charge in [-0.05, 0) is 73.0 Å². The predicted molar refractivity (Wildman–Crippen MR) is 212 cm³/mol. The quantitative estimate of drug-likeness (QED) is 0.0964. The second kappa shape index (κ2) is 14.4. The molecule has 0 amide bonds. The first-order valence-corrected chi connectivity index (χ1v) is 18.0. The molecule has 0 unspecified atom stereocenters. The summed E-state index contributed by atoms with van der Waals surface area (Å²) in [6.07, 6.45) is 9.81. The number of hydrogen-bond donors (Lipinski definition) is 0. The summed E-state index contributed by atoms with van der Waals surface area (Å²) in [7, 11) is 0. The van der Waals surface area contributed by atoms with Gasteiger partial charge in [0.25, 0.3) is 0 Å². The van der Waals surface area contributed by atoms with Gasteiger partial charge in [-0.15, -0.1) is 0 Å². The fraction of sp³-hybridized carbons (Fsp3) is 0.0698. The molecule has 8 rings (SSSR count). The van der Waals surface area contributed by atoms with Gasteiger partial charge in [-0.25, -0.2) is 9.97 Å². The average Bonchev–Trinajstić information content (AvgIpc) is 3.49. The van der Waals surface area contributed by atoms with Crippen molar-refractivity contribution in [3.63, 3.8) is 0 Å². The Kier molecular flexibility index (Phi) is 9.46. The summed E-state index contributed by atoms with van der Waals surface area (Å²) in [6.45, 7) is 10.0. The minimum atomic E-state index is 0.432. The second-order valence-corrected chi connectivity index (χ2v) is 13.1. The smallest absolute Gasteiger partial charge is 0.151 e. The number of rotatable bonds is 6. The zero-order valence-electron chi connectivity index (χ0n) is 28.2. The van der Waals surface area contributed by atoms with Crippen molar-refractivity contribution in [1.82, 2.24) is 9.97 Å². The second-order valence-electron chi connectivity index (χ2n) is 11.5. The van der Waals surface area contributed by atoms with Crippen molar-refractivity contribution < 1.29 is 4.74 Å². The van der Waals surface area contributed by atoms with Crippen molar-refractivity contribution in [3.8, 4) is 50.2 Å². The third-order valence-electron chi connectivity index (χ3n) is 8.75. The zero-order chi connectivity index (χ0) is 35.5. The van der Waals surface area contributed by atoms with Crippen LogP contribution < -0.4 is 9.64 Å². The molecule has 1 aliphatic carbocycles. The fourth-order valence-electron chi connectivity index (χ4n) is 6.61. The van der Waals surface area contributed by atoms with Crippen LogP contribution >= 0.6 is 23.5 Å². The van der Waals surface area contributed by atoms with Gasteiger partial charge in [-0.1, -0.05) is 97.6 Å². The average molecular weight is 698 g/mol. The molecule has 51 heavy (non-hydrogen) atoms. The predicted octanol–water partition coefficient (Wildman–Crippen LogP) is 12.3. The largest absolute Gasteiger partial charge is 0.453 e. The lowest BCUT2D eigenvalue weighted by Crippen LogP contribution is -2.23. The van der Waals surface area contributed by atoms with Crippen LogP contribution in [0.5, 0.6) is 5.75 Å². The van der Waals surface area contributed by atoms with Crippen molar-refractivity contribution in [2.45, 2.75) is 30.8 Å². The van der Waals surface area contributed by atoms with E-state index in [0.29, 0.717) is 15.8 Å². The summed E-state index contributed by atoms with van der Waals surface area (Å²) in [6, 6.07) is 31.3. The van der Waals surface area contributed by atoms with Crippen molar-refractivity contribution in [2.24, 2.45) is 0 Å².